The molecule has 54 heavy (non-hydrogen) atoms. The molecule has 0 aliphatic heterocycles. The molecular formula is C38H35BrClF4N3O6S. The van der Waals surface area contributed by atoms with Gasteiger partial charge in [-0.2, -0.15) is 0 Å². The van der Waals surface area contributed by atoms with Crippen molar-refractivity contribution in [3.8, 4) is 5.75 Å². The summed E-state index contributed by atoms with van der Waals surface area (Å²) in [5, 5.41) is 9.48. The monoisotopic (exact) mass is 851 g/mol. The van der Waals surface area contributed by atoms with Crippen molar-refractivity contribution in [2.45, 2.75) is 75.3 Å². The number of alkyl halides is 1. The number of nitrogens with one attached hydrogen (secondary N) is 1. The number of benzene rings is 3. The highest BCUT2D eigenvalue weighted by Gasteiger charge is 2.35. The summed E-state index contributed by atoms with van der Waals surface area (Å²) in [6.45, 7) is 5.91. The number of carboxylic acid groups (broad SMARTS) is 1. The molecule has 3 aromatic carbocycles. The molecule has 286 valence electrons. The summed E-state index contributed by atoms with van der Waals surface area (Å²) >= 11 is 9.22. The molecular weight excluding hydrogens is 818 g/mol. The molecule has 0 spiro atoms. The maximum Gasteiger partial charge on any atom is 0.335 e. The molecule has 2 saturated carbocycles. The first kappa shape index (κ1) is 39.5. The maximum absolute atomic E-state index is 15.4. The van der Waals surface area contributed by atoms with Crippen LogP contribution in [0.3, 0.4) is 0 Å². The van der Waals surface area contributed by atoms with Gasteiger partial charge in [0.05, 0.1) is 34.4 Å². The minimum Gasteiger partial charge on any atom is -0.488 e. The third-order valence-electron chi connectivity index (χ3n) is 9.08. The second-order valence-corrected chi connectivity index (χ2v) is 17.4. The predicted octanol–water partition coefficient (Wildman–Crippen LogP) is 9.17. The van der Waals surface area contributed by atoms with Gasteiger partial charge in [-0.3, -0.25) is 9.52 Å². The lowest BCUT2D eigenvalue weighted by Crippen LogP contribution is -2.38. The van der Waals surface area contributed by atoms with Gasteiger partial charge in [0.15, 0.2) is 23.3 Å². The number of anilines is 2. The normalized spacial score (nSPS) is 15.1. The number of aromatic nitrogens is 1. The number of hydrogen-bond acceptors (Lipinski definition) is 6. The fourth-order valence-electron chi connectivity index (χ4n) is 5.88. The van der Waals surface area contributed by atoms with E-state index in [0.717, 1.165) is 28.9 Å². The van der Waals surface area contributed by atoms with Crippen LogP contribution in [0.4, 0.5) is 28.9 Å². The SMILES string of the molecule is CC(C)(C)c1cc(CN(C(=O)CS(=O)(=O)Nc2c(F)c(F)c(F)c(F)c2C(Br)c2cccnc2Cl)c2ccc(C(=O)O)cc2OC2CC2)cc(C2CC2)c1. The van der Waals surface area contributed by atoms with Crippen molar-refractivity contribution in [3.05, 3.63) is 117 Å². The van der Waals surface area contributed by atoms with Crippen LogP contribution >= 0.6 is 27.5 Å². The molecule has 1 amide bonds. The highest BCUT2D eigenvalue weighted by molar-refractivity contribution is 9.09. The van der Waals surface area contributed by atoms with Gasteiger partial charge in [-0.25, -0.2) is 35.8 Å². The number of pyridine rings is 1. The fraction of sp³-hybridized carbons (Fsp3) is 0.342. The molecule has 0 bridgehead atoms. The molecule has 2 aliphatic carbocycles. The number of carbonyl (C=O) groups is 2. The summed E-state index contributed by atoms with van der Waals surface area (Å²) in [5.41, 5.74) is 0.0171. The largest absolute Gasteiger partial charge is 0.488 e. The van der Waals surface area contributed by atoms with Crippen LogP contribution in [-0.2, 0) is 26.8 Å². The molecule has 0 radical (unpaired) electrons. The number of halogens is 6. The Kier molecular flexibility index (Phi) is 11.1. The van der Waals surface area contributed by atoms with Gasteiger partial charge >= 0.3 is 5.97 Å². The van der Waals surface area contributed by atoms with E-state index in [1.165, 1.54) is 36.5 Å². The number of ether oxygens (including phenoxy) is 1. The van der Waals surface area contributed by atoms with Crippen LogP contribution in [0.2, 0.25) is 5.15 Å². The molecule has 2 fully saturated rings. The van der Waals surface area contributed by atoms with E-state index in [-0.39, 0.29) is 45.8 Å². The van der Waals surface area contributed by atoms with E-state index in [9.17, 15) is 31.9 Å². The van der Waals surface area contributed by atoms with Gasteiger partial charge in [-0.1, -0.05) is 72.6 Å². The first-order chi connectivity index (χ1) is 25.3. The molecule has 16 heteroatoms. The second-order valence-electron chi connectivity index (χ2n) is 14.4. The summed E-state index contributed by atoms with van der Waals surface area (Å²) in [7, 11) is -5.03. The van der Waals surface area contributed by atoms with E-state index in [2.05, 4.69) is 27.0 Å². The van der Waals surface area contributed by atoms with Crippen molar-refractivity contribution in [3.63, 3.8) is 0 Å². The molecule has 1 atom stereocenters. The molecule has 9 nitrogen and oxygen atoms in total. The summed E-state index contributed by atoms with van der Waals surface area (Å²) in [6.07, 6.45) is 4.37. The van der Waals surface area contributed by atoms with Crippen LogP contribution < -0.4 is 14.4 Å². The summed E-state index contributed by atoms with van der Waals surface area (Å²) in [5.74, 6) is -11.8. The summed E-state index contributed by atoms with van der Waals surface area (Å²) < 4.78 is 95.4. The molecule has 2 N–H and O–H groups in total. The zero-order valence-corrected chi connectivity index (χ0v) is 32.4. The molecule has 6 rings (SSSR count). The zero-order valence-electron chi connectivity index (χ0n) is 29.2. The number of rotatable bonds is 13. The third-order valence-corrected chi connectivity index (χ3v) is 11.5. The molecule has 2 aliphatic rings. The topological polar surface area (TPSA) is 126 Å². The fourth-order valence-corrected chi connectivity index (χ4v) is 8.10. The summed E-state index contributed by atoms with van der Waals surface area (Å²) in [4.78, 5) is 29.6. The number of carboxylic acids is 1. The minimum absolute atomic E-state index is 0.0250. The van der Waals surface area contributed by atoms with Crippen LogP contribution in [-0.4, -0.2) is 42.2 Å². The molecule has 0 saturated heterocycles. The third kappa shape index (κ3) is 8.68. The number of amides is 1. The van der Waals surface area contributed by atoms with Gasteiger partial charge in [0, 0.05) is 17.3 Å². The Morgan fingerprint density at radius 3 is 2.31 bits per heavy atom. The minimum atomic E-state index is -5.03. The molecule has 1 heterocycles. The van der Waals surface area contributed by atoms with Crippen LogP contribution in [0.25, 0.3) is 0 Å². The Bertz CT molecular complexity index is 2260. The van der Waals surface area contributed by atoms with Crippen molar-refractivity contribution in [2.24, 2.45) is 0 Å². The second kappa shape index (κ2) is 15.1. The Morgan fingerprint density at radius 1 is 1.02 bits per heavy atom. The number of carbonyl (C=O) groups excluding carboxylic acids is 1. The average molecular weight is 853 g/mol. The lowest BCUT2D eigenvalue weighted by atomic mass is 9.84. The van der Waals surface area contributed by atoms with Gasteiger partial charge in [0.2, 0.25) is 15.9 Å². The van der Waals surface area contributed by atoms with Crippen molar-refractivity contribution in [1.82, 2.24) is 4.98 Å². The first-order valence-corrected chi connectivity index (χ1v) is 19.9. The predicted molar refractivity (Wildman–Crippen MR) is 199 cm³/mol. The van der Waals surface area contributed by atoms with E-state index in [1.807, 2.05) is 32.9 Å². The van der Waals surface area contributed by atoms with Gasteiger partial charge in [-0.15, -0.1) is 0 Å². The van der Waals surface area contributed by atoms with Crippen LogP contribution in [0.15, 0.2) is 54.7 Å². The number of hydrogen-bond donors (Lipinski definition) is 2. The molecule has 1 aromatic heterocycles. The zero-order chi connectivity index (χ0) is 39.3. The standard InChI is InChI=1S/C38H35BrClF4N3O6S/c1-38(2,3)23-14-19(13-22(15-23)20-6-7-20)17-47(26-11-8-21(37(49)50)16-27(26)53-24-9-10-24)28(48)18-54(51,52)46-35-29(31(41)32(42)33(43)34(35)44)30(39)25-5-4-12-45-36(25)40/h4-5,8,11-16,20,24,30,46H,6-7,9-10,17-18H2,1-3H3,(H,49,50). The van der Waals surface area contributed by atoms with Crippen molar-refractivity contribution in [2.75, 3.05) is 15.4 Å². The van der Waals surface area contributed by atoms with Crippen LogP contribution in [0.1, 0.15) is 95.4 Å². The van der Waals surface area contributed by atoms with E-state index >= 15 is 8.78 Å². The molecule has 4 aromatic rings. The Morgan fingerprint density at radius 2 is 1.70 bits per heavy atom. The first-order valence-electron chi connectivity index (χ1n) is 16.9. The highest BCUT2D eigenvalue weighted by Crippen LogP contribution is 2.44. The quantitative estimate of drug-likeness (QED) is 0.0452. The number of sulfonamides is 1. The highest BCUT2D eigenvalue weighted by atomic mass is 79.9. The van der Waals surface area contributed by atoms with Crippen LogP contribution in [0.5, 0.6) is 5.75 Å². The lowest BCUT2D eigenvalue weighted by Gasteiger charge is -2.28. The van der Waals surface area contributed by atoms with E-state index in [1.54, 1.807) is 4.72 Å². The van der Waals surface area contributed by atoms with Crippen molar-refractivity contribution < 1.29 is 45.4 Å². The van der Waals surface area contributed by atoms with E-state index < -0.39 is 67.0 Å². The molecule has 1 unspecified atom stereocenters. The van der Waals surface area contributed by atoms with E-state index in [4.69, 9.17) is 16.3 Å². The number of aromatic carboxylic acids is 1. The van der Waals surface area contributed by atoms with E-state index in [0.29, 0.717) is 24.3 Å². The number of nitrogens with zero attached hydrogens (tertiary/aromatic N) is 2. The van der Waals surface area contributed by atoms with Crippen molar-refractivity contribution >= 4 is 60.8 Å². The van der Waals surface area contributed by atoms with Crippen molar-refractivity contribution in [1.29, 1.82) is 0 Å². The Balaban J connectivity index is 1.41. The van der Waals surface area contributed by atoms with Gasteiger partial charge in [0.1, 0.15) is 16.7 Å². The smallest absolute Gasteiger partial charge is 0.335 e. The van der Waals surface area contributed by atoms with Gasteiger partial charge < -0.3 is 14.7 Å². The van der Waals surface area contributed by atoms with Gasteiger partial charge in [-0.05, 0) is 78.0 Å². The maximum atomic E-state index is 15.4. The van der Waals surface area contributed by atoms with Gasteiger partial charge in [0.25, 0.3) is 0 Å². The lowest BCUT2D eigenvalue weighted by molar-refractivity contribution is -0.116. The Hall–Kier alpha value is -4.21. The average Bonchev–Trinajstić information content (AvgIpc) is 4.04. The van der Waals surface area contributed by atoms with Crippen LogP contribution in [0, 0.1) is 23.3 Å². The Labute approximate surface area is 322 Å². The summed E-state index contributed by atoms with van der Waals surface area (Å²) in [6, 6.07) is 12.5.